The van der Waals surface area contributed by atoms with Crippen LogP contribution in [0, 0.1) is 0 Å². The summed E-state index contributed by atoms with van der Waals surface area (Å²) in [6.07, 6.45) is -0.455. The van der Waals surface area contributed by atoms with Crippen molar-refractivity contribution in [1.82, 2.24) is 30.2 Å². The number of carbonyl (C=O) groups is 1. The number of aromatic nitrogens is 4. The second-order valence-electron chi connectivity index (χ2n) is 5.83. The molecule has 0 spiro atoms. The number of likely N-dealkylation sites (N-methyl/N-ethyl adjacent to an activating group) is 1. The number of halogens is 5. The van der Waals surface area contributed by atoms with Crippen molar-refractivity contribution < 1.29 is 18.0 Å². The fourth-order valence-electron chi connectivity index (χ4n) is 2.72. The van der Waals surface area contributed by atoms with Gasteiger partial charge in [-0.2, -0.15) is 13.2 Å². The molecule has 0 aromatic carbocycles. The van der Waals surface area contributed by atoms with E-state index in [9.17, 15) is 18.0 Å². The minimum Gasteiger partial charge on any atom is -0.336 e. The number of pyridine rings is 1. The number of hydrogen-bond acceptors (Lipinski definition) is 5. The molecule has 1 atom stereocenters. The van der Waals surface area contributed by atoms with Gasteiger partial charge >= 0.3 is 6.18 Å². The summed E-state index contributed by atoms with van der Waals surface area (Å²) in [5.74, 6) is -0.0931. The van der Waals surface area contributed by atoms with E-state index in [1.54, 1.807) is 4.90 Å². The van der Waals surface area contributed by atoms with Crippen LogP contribution in [-0.4, -0.2) is 57.0 Å². The van der Waals surface area contributed by atoms with Crippen molar-refractivity contribution in [1.29, 1.82) is 0 Å². The summed E-state index contributed by atoms with van der Waals surface area (Å²) in [5, 5.41) is 10.8. The van der Waals surface area contributed by atoms with Crippen molar-refractivity contribution in [2.45, 2.75) is 25.1 Å². The fourth-order valence-corrected chi connectivity index (χ4v) is 2.72. The topological polar surface area (TPSA) is 75.9 Å². The summed E-state index contributed by atoms with van der Waals surface area (Å²) in [6.45, 7) is 1.23. The first kappa shape index (κ1) is 23.1. The summed E-state index contributed by atoms with van der Waals surface area (Å²) in [6, 6.07) is 2.33. The van der Waals surface area contributed by atoms with E-state index in [-0.39, 0.29) is 48.3 Å². The average molecular weight is 427 g/mol. The Morgan fingerprint density at radius 1 is 1.30 bits per heavy atom. The smallest absolute Gasteiger partial charge is 0.336 e. The van der Waals surface area contributed by atoms with Gasteiger partial charge in [0.1, 0.15) is 0 Å². The molecule has 0 radical (unpaired) electrons. The van der Waals surface area contributed by atoms with Crippen molar-refractivity contribution in [3.63, 3.8) is 0 Å². The number of alkyl halides is 3. The Balaban J connectivity index is 0.00000182. The van der Waals surface area contributed by atoms with Crippen LogP contribution in [-0.2, 0) is 6.18 Å². The lowest BCUT2D eigenvalue weighted by Gasteiger charge is -2.31. The fraction of sp³-hybridized carbons (Fsp3) is 0.467. The van der Waals surface area contributed by atoms with Gasteiger partial charge in [0.15, 0.2) is 11.5 Å². The molecule has 0 aliphatic carbocycles. The van der Waals surface area contributed by atoms with Crippen LogP contribution in [0.1, 0.15) is 28.9 Å². The highest BCUT2D eigenvalue weighted by atomic mass is 35.5. The number of carbonyl (C=O) groups excluding carboxylic acids is 1. The minimum absolute atomic E-state index is 0. The Morgan fingerprint density at radius 3 is 2.63 bits per heavy atom. The van der Waals surface area contributed by atoms with Gasteiger partial charge in [-0.15, -0.1) is 29.9 Å². The molecule has 1 saturated heterocycles. The molecule has 7 nitrogen and oxygen atoms in total. The third kappa shape index (κ3) is 5.30. The molecule has 1 N–H and O–H groups in total. The summed E-state index contributed by atoms with van der Waals surface area (Å²) >= 11 is 0. The maximum Gasteiger partial charge on any atom is 0.417 e. The number of hydrogen-bond donors (Lipinski definition) is 1. The van der Waals surface area contributed by atoms with Gasteiger partial charge < -0.3 is 10.2 Å². The summed E-state index contributed by atoms with van der Waals surface area (Å²) in [5.41, 5.74) is -0.711. The zero-order valence-electron chi connectivity index (χ0n) is 14.3. The Labute approximate surface area is 166 Å². The van der Waals surface area contributed by atoms with Gasteiger partial charge in [0, 0.05) is 25.3 Å². The summed E-state index contributed by atoms with van der Waals surface area (Å²) in [4.78, 5) is 17.9. The average Bonchev–Trinajstić information content (AvgIpc) is 3.10. The zero-order chi connectivity index (χ0) is 18.0. The summed E-state index contributed by atoms with van der Waals surface area (Å²) in [7, 11) is 1.85. The molecule has 12 heteroatoms. The molecule has 1 unspecified atom stereocenters. The Kier molecular flexibility index (Phi) is 8.00. The molecule has 0 saturated carbocycles. The van der Waals surface area contributed by atoms with Gasteiger partial charge in [-0.1, -0.05) is 5.21 Å². The normalized spacial score (nSPS) is 17.0. The monoisotopic (exact) mass is 426 g/mol. The minimum atomic E-state index is -4.45. The quantitative estimate of drug-likeness (QED) is 0.814. The van der Waals surface area contributed by atoms with Gasteiger partial charge in [-0.05, 0) is 32.0 Å². The molecule has 3 heterocycles. The Hall–Kier alpha value is -1.91. The SMILES string of the molecule is CNC1CCCN(C(=O)c2cn(-c3ccc(C(F)(F)F)cn3)nn2)C1.Cl.Cl. The molecule has 1 aliphatic heterocycles. The number of nitrogens with zero attached hydrogens (tertiary/aromatic N) is 5. The predicted molar refractivity (Wildman–Crippen MR) is 96.6 cm³/mol. The van der Waals surface area contributed by atoms with E-state index in [1.165, 1.54) is 16.9 Å². The number of nitrogens with one attached hydrogen (secondary N) is 1. The highest BCUT2D eigenvalue weighted by Crippen LogP contribution is 2.28. The second kappa shape index (κ2) is 9.34. The van der Waals surface area contributed by atoms with E-state index >= 15 is 0 Å². The van der Waals surface area contributed by atoms with Crippen LogP contribution in [0.25, 0.3) is 5.82 Å². The van der Waals surface area contributed by atoms with Gasteiger partial charge in [0.05, 0.1) is 11.8 Å². The van der Waals surface area contributed by atoms with Crippen LogP contribution in [0.15, 0.2) is 24.5 Å². The number of amides is 1. The van der Waals surface area contributed by atoms with Crippen LogP contribution in [0.5, 0.6) is 0 Å². The third-order valence-electron chi connectivity index (χ3n) is 4.14. The standard InChI is InChI=1S/C15H17F3N6O.2ClH/c1-19-11-3-2-6-23(8-11)14(25)12-9-24(22-21-12)13-5-4-10(7-20-13)15(16,17)18;;/h4-5,7,9,11,19H,2-3,6,8H2,1H3;2*1H. The zero-order valence-corrected chi connectivity index (χ0v) is 15.9. The Morgan fingerprint density at radius 2 is 2.04 bits per heavy atom. The van der Waals surface area contributed by atoms with Crippen molar-refractivity contribution in [3.8, 4) is 5.82 Å². The highest BCUT2D eigenvalue weighted by Gasteiger charge is 2.31. The van der Waals surface area contributed by atoms with Crippen molar-refractivity contribution >= 4 is 30.7 Å². The maximum absolute atomic E-state index is 12.6. The lowest BCUT2D eigenvalue weighted by atomic mass is 10.1. The van der Waals surface area contributed by atoms with Gasteiger partial charge in [0.2, 0.25) is 0 Å². The largest absolute Gasteiger partial charge is 0.417 e. The van der Waals surface area contributed by atoms with Crippen molar-refractivity contribution in [2.75, 3.05) is 20.1 Å². The number of rotatable bonds is 3. The van der Waals surface area contributed by atoms with E-state index in [2.05, 4.69) is 20.6 Å². The lowest BCUT2D eigenvalue weighted by Crippen LogP contribution is -2.47. The first-order chi connectivity index (χ1) is 11.9. The van der Waals surface area contributed by atoms with Gasteiger partial charge in [-0.3, -0.25) is 4.79 Å². The molecule has 1 amide bonds. The summed E-state index contributed by atoms with van der Waals surface area (Å²) < 4.78 is 38.9. The first-order valence-corrected chi connectivity index (χ1v) is 7.81. The molecule has 1 aliphatic rings. The highest BCUT2D eigenvalue weighted by molar-refractivity contribution is 5.92. The van der Waals surface area contributed by atoms with Crippen LogP contribution in [0.4, 0.5) is 13.2 Å². The van der Waals surface area contributed by atoms with Crippen LogP contribution in [0.2, 0.25) is 0 Å². The molecule has 2 aromatic rings. The number of likely N-dealkylation sites (tertiary alicyclic amines) is 1. The number of piperidine rings is 1. The van der Waals surface area contributed by atoms with Gasteiger partial charge in [-0.25, -0.2) is 9.67 Å². The molecule has 2 aromatic heterocycles. The third-order valence-corrected chi connectivity index (χ3v) is 4.14. The molecule has 1 fully saturated rings. The Bertz CT molecular complexity index is 753. The second-order valence-corrected chi connectivity index (χ2v) is 5.83. The lowest BCUT2D eigenvalue weighted by molar-refractivity contribution is -0.137. The first-order valence-electron chi connectivity index (χ1n) is 7.81. The molecular formula is C15H19Cl2F3N6O. The van der Waals surface area contributed by atoms with Gasteiger partial charge in [0.25, 0.3) is 5.91 Å². The van der Waals surface area contributed by atoms with Crippen LogP contribution < -0.4 is 5.32 Å². The maximum atomic E-state index is 12.6. The van der Waals surface area contributed by atoms with Crippen molar-refractivity contribution in [2.24, 2.45) is 0 Å². The predicted octanol–water partition coefficient (Wildman–Crippen LogP) is 2.35. The molecule has 3 rings (SSSR count). The molecular weight excluding hydrogens is 408 g/mol. The van der Waals surface area contributed by atoms with E-state index in [1.807, 2.05) is 7.05 Å². The molecule has 27 heavy (non-hydrogen) atoms. The van der Waals surface area contributed by atoms with E-state index < -0.39 is 11.7 Å². The molecule has 150 valence electrons. The van der Waals surface area contributed by atoms with E-state index in [4.69, 9.17) is 0 Å². The van der Waals surface area contributed by atoms with Crippen molar-refractivity contribution in [3.05, 3.63) is 35.8 Å². The van der Waals surface area contributed by atoms with Crippen LogP contribution >= 0.6 is 24.8 Å². The van der Waals surface area contributed by atoms with E-state index in [0.29, 0.717) is 13.1 Å². The van der Waals surface area contributed by atoms with E-state index in [0.717, 1.165) is 25.1 Å². The van der Waals surface area contributed by atoms with Crippen LogP contribution in [0.3, 0.4) is 0 Å². The molecule has 0 bridgehead atoms.